The molecule has 1 aromatic heterocycles. The number of carboxylic acid groups (broad SMARTS) is 2. The molecule has 0 bridgehead atoms. The van der Waals surface area contributed by atoms with E-state index in [4.69, 9.17) is 14.2 Å². The highest BCUT2D eigenvalue weighted by atomic mass is 16.7. The minimum atomic E-state index is -1.66. The van der Waals surface area contributed by atoms with Gasteiger partial charge in [-0.25, -0.2) is 0 Å². The number of carbonyl (C=O) groups is 2. The van der Waals surface area contributed by atoms with Crippen LogP contribution in [0.15, 0.2) is 72.8 Å². The Morgan fingerprint density at radius 3 is 2.37 bits per heavy atom. The Labute approximate surface area is 200 Å². The van der Waals surface area contributed by atoms with Gasteiger partial charge in [-0.15, -0.1) is 0 Å². The molecule has 0 aliphatic carbocycles. The molecule has 1 aliphatic heterocycles. The highest BCUT2D eigenvalue weighted by Crippen LogP contribution is 2.39. The fourth-order valence-electron chi connectivity index (χ4n) is 4.62. The lowest BCUT2D eigenvalue weighted by Crippen LogP contribution is -2.32. The van der Waals surface area contributed by atoms with Crippen molar-refractivity contribution >= 4 is 22.8 Å². The van der Waals surface area contributed by atoms with Gasteiger partial charge in [0.25, 0.3) is 0 Å². The van der Waals surface area contributed by atoms with E-state index in [-0.39, 0.29) is 13.2 Å². The first-order valence-electron chi connectivity index (χ1n) is 11.0. The summed E-state index contributed by atoms with van der Waals surface area (Å²) in [4.78, 5) is 24.4. The van der Waals surface area contributed by atoms with Gasteiger partial charge in [-0.1, -0.05) is 30.3 Å². The molecule has 4 aromatic rings. The maximum atomic E-state index is 12.2. The molecule has 1 unspecified atom stereocenters. The monoisotopic (exact) mass is 473 g/mol. The van der Waals surface area contributed by atoms with Crippen molar-refractivity contribution in [2.45, 2.75) is 12.3 Å². The molecule has 3 aromatic carbocycles. The molecule has 0 saturated carbocycles. The summed E-state index contributed by atoms with van der Waals surface area (Å²) in [6.45, 7) is 0.123. The van der Waals surface area contributed by atoms with E-state index >= 15 is 0 Å². The second kappa shape index (κ2) is 9.06. The molecule has 0 amide bonds. The number of carboxylic acids is 2. The summed E-state index contributed by atoms with van der Waals surface area (Å²) in [5.74, 6) is -3.45. The topological polar surface area (TPSA) is 107 Å². The predicted octanol–water partition coefficient (Wildman–Crippen LogP) is 4.48. The van der Waals surface area contributed by atoms with E-state index in [9.17, 15) is 19.8 Å². The van der Waals surface area contributed by atoms with Gasteiger partial charge in [-0.05, 0) is 48.4 Å². The lowest BCUT2D eigenvalue weighted by molar-refractivity contribution is -0.155. The smallest absolute Gasteiger partial charge is 0.318 e. The number of benzene rings is 3. The van der Waals surface area contributed by atoms with Gasteiger partial charge in [0.2, 0.25) is 6.79 Å². The Morgan fingerprint density at radius 1 is 0.943 bits per heavy atom. The van der Waals surface area contributed by atoms with Gasteiger partial charge in [-0.2, -0.15) is 0 Å². The van der Waals surface area contributed by atoms with Gasteiger partial charge < -0.3 is 29.0 Å². The van der Waals surface area contributed by atoms with Crippen LogP contribution in [0.1, 0.15) is 17.2 Å². The van der Waals surface area contributed by atoms with Gasteiger partial charge in [0.05, 0.1) is 12.6 Å². The standard InChI is InChI=1S/C27H23NO7/c1-33-19-9-6-16(7-10-19)12-20(25(26(29)30)27(31)32)22-13-17-4-2-3-5-21(17)28(22)18-8-11-23-24(14-18)35-15-34-23/h2-11,13-14,20,25H,12,15H2,1H3,(H,29,30)(H,31,32). The third-order valence-electron chi connectivity index (χ3n) is 6.28. The van der Waals surface area contributed by atoms with E-state index in [1.165, 1.54) is 0 Å². The van der Waals surface area contributed by atoms with E-state index in [0.29, 0.717) is 22.9 Å². The number of para-hydroxylation sites is 1. The van der Waals surface area contributed by atoms with Crippen molar-refractivity contribution in [2.75, 3.05) is 13.9 Å². The van der Waals surface area contributed by atoms with Gasteiger partial charge in [0.15, 0.2) is 17.4 Å². The van der Waals surface area contributed by atoms with E-state index in [2.05, 4.69) is 0 Å². The first-order valence-corrected chi connectivity index (χ1v) is 11.0. The molecule has 8 nitrogen and oxygen atoms in total. The quantitative estimate of drug-likeness (QED) is 0.363. The van der Waals surface area contributed by atoms with Gasteiger partial charge >= 0.3 is 11.9 Å². The van der Waals surface area contributed by atoms with Crippen LogP contribution in [0, 0.1) is 5.92 Å². The first kappa shape index (κ1) is 22.3. The van der Waals surface area contributed by atoms with E-state index in [1.807, 2.05) is 59.2 Å². The summed E-state index contributed by atoms with van der Waals surface area (Å²) in [6, 6.07) is 22.1. The fraction of sp³-hybridized carbons (Fsp3) is 0.185. The number of ether oxygens (including phenoxy) is 3. The summed E-state index contributed by atoms with van der Waals surface area (Å²) in [6.07, 6.45) is 0.203. The normalized spacial score (nSPS) is 13.2. The van der Waals surface area contributed by atoms with Crippen molar-refractivity contribution in [3.05, 3.63) is 84.1 Å². The average Bonchev–Trinajstić information content (AvgIpc) is 3.47. The number of aliphatic carboxylic acids is 2. The number of nitrogens with zero attached hydrogens (tertiary/aromatic N) is 1. The van der Waals surface area contributed by atoms with Crippen LogP contribution in [0.4, 0.5) is 0 Å². The van der Waals surface area contributed by atoms with Crippen LogP contribution in [0.5, 0.6) is 17.2 Å². The SMILES string of the molecule is COc1ccc(CC(c2cc3ccccc3n2-c2ccc3c(c2)OCO3)C(C(=O)O)C(=O)O)cc1. The Kier molecular flexibility index (Phi) is 5.78. The van der Waals surface area contributed by atoms with Crippen LogP contribution in [-0.2, 0) is 16.0 Å². The maximum Gasteiger partial charge on any atom is 0.318 e. The third-order valence-corrected chi connectivity index (χ3v) is 6.28. The van der Waals surface area contributed by atoms with E-state index < -0.39 is 23.8 Å². The Morgan fingerprint density at radius 2 is 1.66 bits per heavy atom. The Hall–Kier alpha value is -4.46. The molecule has 0 spiro atoms. The van der Waals surface area contributed by atoms with Crippen LogP contribution < -0.4 is 14.2 Å². The summed E-state index contributed by atoms with van der Waals surface area (Å²) >= 11 is 0. The zero-order chi connectivity index (χ0) is 24.5. The molecular formula is C27H23NO7. The number of rotatable bonds is 8. The number of aromatic nitrogens is 1. The van der Waals surface area contributed by atoms with Crippen molar-refractivity contribution in [3.8, 4) is 22.9 Å². The van der Waals surface area contributed by atoms with Crippen LogP contribution in [0.3, 0.4) is 0 Å². The molecule has 0 saturated heterocycles. The summed E-state index contributed by atoms with van der Waals surface area (Å²) < 4.78 is 18.1. The maximum absolute atomic E-state index is 12.2. The van der Waals surface area contributed by atoms with Crippen molar-refractivity contribution < 1.29 is 34.0 Å². The molecular weight excluding hydrogens is 450 g/mol. The molecule has 2 heterocycles. The number of methoxy groups -OCH3 is 1. The summed E-state index contributed by atoms with van der Waals surface area (Å²) in [5, 5.41) is 20.8. The van der Waals surface area contributed by atoms with Crippen LogP contribution in [0.2, 0.25) is 0 Å². The number of hydrogen-bond acceptors (Lipinski definition) is 5. The second-order valence-electron chi connectivity index (χ2n) is 8.31. The molecule has 5 rings (SSSR count). The fourth-order valence-corrected chi connectivity index (χ4v) is 4.62. The minimum absolute atomic E-state index is 0.123. The lowest BCUT2D eigenvalue weighted by Gasteiger charge is -2.24. The molecule has 2 N–H and O–H groups in total. The van der Waals surface area contributed by atoms with Gasteiger partial charge in [-0.3, -0.25) is 9.59 Å². The second-order valence-corrected chi connectivity index (χ2v) is 8.31. The average molecular weight is 473 g/mol. The Bertz CT molecular complexity index is 1390. The van der Waals surface area contributed by atoms with Crippen molar-refractivity contribution in [3.63, 3.8) is 0 Å². The summed E-state index contributed by atoms with van der Waals surface area (Å²) in [5.41, 5.74) is 2.93. The third kappa shape index (κ3) is 4.14. The molecule has 1 atom stereocenters. The zero-order valence-electron chi connectivity index (χ0n) is 18.9. The summed E-state index contributed by atoms with van der Waals surface area (Å²) in [7, 11) is 1.56. The van der Waals surface area contributed by atoms with E-state index in [0.717, 1.165) is 22.2 Å². The Balaban J connectivity index is 1.70. The van der Waals surface area contributed by atoms with Crippen molar-refractivity contribution in [1.29, 1.82) is 0 Å². The van der Waals surface area contributed by atoms with Crippen molar-refractivity contribution in [1.82, 2.24) is 4.57 Å². The highest BCUT2D eigenvalue weighted by molar-refractivity contribution is 5.94. The first-order chi connectivity index (χ1) is 17.0. The van der Waals surface area contributed by atoms with Crippen LogP contribution in [-0.4, -0.2) is 40.6 Å². The molecule has 178 valence electrons. The van der Waals surface area contributed by atoms with Crippen LogP contribution in [0.25, 0.3) is 16.6 Å². The van der Waals surface area contributed by atoms with Crippen molar-refractivity contribution in [2.24, 2.45) is 5.92 Å². The molecule has 35 heavy (non-hydrogen) atoms. The number of hydrogen-bond donors (Lipinski definition) is 2. The lowest BCUT2D eigenvalue weighted by atomic mass is 9.84. The minimum Gasteiger partial charge on any atom is -0.497 e. The predicted molar refractivity (Wildman–Crippen MR) is 128 cm³/mol. The molecule has 0 fully saturated rings. The van der Waals surface area contributed by atoms with Crippen LogP contribution >= 0.6 is 0 Å². The largest absolute Gasteiger partial charge is 0.497 e. The van der Waals surface area contributed by atoms with Gasteiger partial charge in [0.1, 0.15) is 5.75 Å². The number of fused-ring (bicyclic) bond motifs is 2. The molecule has 8 heteroatoms. The zero-order valence-corrected chi connectivity index (χ0v) is 18.9. The molecule has 1 aliphatic rings. The highest BCUT2D eigenvalue weighted by Gasteiger charge is 2.38. The van der Waals surface area contributed by atoms with Gasteiger partial charge in [0, 0.05) is 28.8 Å². The molecule has 0 radical (unpaired) electrons. The van der Waals surface area contributed by atoms with E-state index in [1.54, 1.807) is 25.3 Å².